The van der Waals surface area contributed by atoms with Crippen LogP contribution in [0.4, 0.5) is 0 Å². The summed E-state index contributed by atoms with van der Waals surface area (Å²) >= 11 is 0. The van der Waals surface area contributed by atoms with Crippen molar-refractivity contribution in [1.29, 1.82) is 0 Å². The van der Waals surface area contributed by atoms with Crippen LogP contribution in [0.3, 0.4) is 0 Å². The van der Waals surface area contributed by atoms with Crippen LogP contribution in [0.15, 0.2) is 30.3 Å². The van der Waals surface area contributed by atoms with Crippen molar-refractivity contribution in [1.82, 2.24) is 0 Å². The van der Waals surface area contributed by atoms with Crippen LogP contribution in [-0.2, 0) is 16.0 Å². The van der Waals surface area contributed by atoms with Gasteiger partial charge in [-0.2, -0.15) is 0 Å². The van der Waals surface area contributed by atoms with E-state index in [-0.39, 0.29) is 11.4 Å². The lowest BCUT2D eigenvalue weighted by Gasteiger charge is -2.34. The van der Waals surface area contributed by atoms with E-state index >= 15 is 0 Å². The number of carbonyl (C=O) groups is 1. The lowest BCUT2D eigenvalue weighted by Crippen LogP contribution is -2.35. The molecule has 0 radical (unpaired) electrons. The van der Waals surface area contributed by atoms with Crippen LogP contribution in [0.2, 0.25) is 0 Å². The lowest BCUT2D eigenvalue weighted by molar-refractivity contribution is -0.155. The highest BCUT2D eigenvalue weighted by atomic mass is 16.5. The Morgan fingerprint density at radius 1 is 1.17 bits per heavy atom. The Kier molecular flexibility index (Phi) is 4.40. The molecule has 0 bridgehead atoms. The van der Waals surface area contributed by atoms with E-state index in [2.05, 4.69) is 24.3 Å². The molecule has 0 atom stereocenters. The normalized spacial score (nSPS) is 18.3. The minimum Gasteiger partial charge on any atom is -0.469 e. The van der Waals surface area contributed by atoms with Crippen molar-refractivity contribution in [2.45, 2.75) is 44.9 Å². The first-order valence-electron chi connectivity index (χ1n) is 6.89. The van der Waals surface area contributed by atoms with Crippen molar-refractivity contribution >= 4 is 5.97 Å². The molecule has 1 fully saturated rings. The lowest BCUT2D eigenvalue weighted by atomic mass is 9.70. The highest BCUT2D eigenvalue weighted by Crippen LogP contribution is 2.41. The first kappa shape index (κ1) is 13.1. The molecule has 1 saturated carbocycles. The van der Waals surface area contributed by atoms with Crippen LogP contribution >= 0.6 is 0 Å². The number of carbonyl (C=O) groups excluding carboxylic acids is 1. The molecule has 0 saturated heterocycles. The van der Waals surface area contributed by atoms with Gasteiger partial charge in [0.1, 0.15) is 0 Å². The van der Waals surface area contributed by atoms with Gasteiger partial charge in [0.05, 0.1) is 12.5 Å². The molecule has 0 heterocycles. The number of ether oxygens (including phenoxy) is 1. The Morgan fingerprint density at radius 3 is 2.44 bits per heavy atom. The molecule has 0 N–H and O–H groups in total. The molecule has 1 aromatic carbocycles. The van der Waals surface area contributed by atoms with Crippen molar-refractivity contribution in [3.63, 3.8) is 0 Å². The molecule has 0 aliphatic heterocycles. The number of benzene rings is 1. The molecule has 1 aliphatic carbocycles. The standard InChI is InChI=1S/C16H22O2/c1-18-15(17)16(11-6-3-7-12-16)13-10-14-8-4-2-5-9-14/h2,4-5,8-9H,3,6-7,10-13H2,1H3. The average molecular weight is 246 g/mol. The molecule has 0 aromatic heterocycles. The maximum Gasteiger partial charge on any atom is 0.311 e. The maximum absolute atomic E-state index is 12.1. The van der Waals surface area contributed by atoms with Gasteiger partial charge >= 0.3 is 5.97 Å². The van der Waals surface area contributed by atoms with Gasteiger partial charge in [-0.25, -0.2) is 0 Å². The smallest absolute Gasteiger partial charge is 0.311 e. The number of esters is 1. The summed E-state index contributed by atoms with van der Waals surface area (Å²) in [6.45, 7) is 0. The maximum atomic E-state index is 12.1. The van der Waals surface area contributed by atoms with Crippen LogP contribution in [-0.4, -0.2) is 13.1 Å². The topological polar surface area (TPSA) is 26.3 Å². The van der Waals surface area contributed by atoms with E-state index in [4.69, 9.17) is 4.74 Å². The number of aryl methyl sites for hydroxylation is 1. The summed E-state index contributed by atoms with van der Waals surface area (Å²) in [7, 11) is 1.52. The third-order valence-corrected chi connectivity index (χ3v) is 4.16. The summed E-state index contributed by atoms with van der Waals surface area (Å²) in [5.41, 5.74) is 1.09. The zero-order valence-electron chi connectivity index (χ0n) is 11.2. The summed E-state index contributed by atoms with van der Waals surface area (Å²) in [6.07, 6.45) is 7.44. The summed E-state index contributed by atoms with van der Waals surface area (Å²) < 4.78 is 5.04. The minimum atomic E-state index is -0.219. The van der Waals surface area contributed by atoms with Crippen LogP contribution in [0.25, 0.3) is 0 Å². The molecule has 1 aromatic rings. The van der Waals surface area contributed by atoms with Crippen molar-refractivity contribution in [3.05, 3.63) is 35.9 Å². The van der Waals surface area contributed by atoms with E-state index in [0.29, 0.717) is 0 Å². The Balaban J connectivity index is 2.04. The van der Waals surface area contributed by atoms with E-state index in [9.17, 15) is 4.79 Å². The first-order valence-corrected chi connectivity index (χ1v) is 6.89. The van der Waals surface area contributed by atoms with E-state index < -0.39 is 0 Å². The van der Waals surface area contributed by atoms with E-state index in [1.54, 1.807) is 0 Å². The zero-order valence-corrected chi connectivity index (χ0v) is 11.2. The molecule has 1 aliphatic rings. The van der Waals surface area contributed by atoms with Crippen molar-refractivity contribution in [2.24, 2.45) is 5.41 Å². The fraction of sp³-hybridized carbons (Fsp3) is 0.562. The van der Waals surface area contributed by atoms with Crippen LogP contribution < -0.4 is 0 Å². The zero-order chi connectivity index (χ0) is 12.8. The van der Waals surface area contributed by atoms with Gasteiger partial charge in [-0.3, -0.25) is 4.79 Å². The van der Waals surface area contributed by atoms with Gasteiger partial charge in [0.15, 0.2) is 0 Å². The Hall–Kier alpha value is -1.31. The Morgan fingerprint density at radius 2 is 1.83 bits per heavy atom. The average Bonchev–Trinajstić information content (AvgIpc) is 2.46. The number of rotatable bonds is 4. The molecule has 2 heteroatoms. The SMILES string of the molecule is COC(=O)C1(CCc2ccccc2)CCCCC1. The molecular weight excluding hydrogens is 224 g/mol. The molecule has 18 heavy (non-hydrogen) atoms. The fourth-order valence-electron chi connectivity index (χ4n) is 3.03. The third-order valence-electron chi connectivity index (χ3n) is 4.16. The molecule has 2 rings (SSSR count). The largest absolute Gasteiger partial charge is 0.469 e. The highest BCUT2D eigenvalue weighted by molar-refractivity contribution is 5.76. The number of hydrogen-bond acceptors (Lipinski definition) is 2. The third kappa shape index (κ3) is 2.92. The predicted molar refractivity (Wildman–Crippen MR) is 72.3 cm³/mol. The van der Waals surface area contributed by atoms with Crippen LogP contribution in [0.5, 0.6) is 0 Å². The first-order chi connectivity index (χ1) is 8.77. The number of methoxy groups -OCH3 is 1. The van der Waals surface area contributed by atoms with Crippen LogP contribution in [0.1, 0.15) is 44.1 Å². The van der Waals surface area contributed by atoms with Crippen molar-refractivity contribution in [2.75, 3.05) is 7.11 Å². The van der Waals surface area contributed by atoms with Gasteiger partial charge < -0.3 is 4.74 Å². The summed E-state index contributed by atoms with van der Waals surface area (Å²) in [5.74, 6) is -0.00173. The van der Waals surface area contributed by atoms with Gasteiger partial charge in [0.25, 0.3) is 0 Å². The number of hydrogen-bond donors (Lipinski definition) is 0. The second-order valence-electron chi connectivity index (χ2n) is 5.32. The predicted octanol–water partition coefficient (Wildman–Crippen LogP) is 3.74. The van der Waals surface area contributed by atoms with Gasteiger partial charge in [0.2, 0.25) is 0 Å². The molecular formula is C16H22O2. The second-order valence-corrected chi connectivity index (χ2v) is 5.32. The molecule has 0 spiro atoms. The van der Waals surface area contributed by atoms with E-state index in [1.165, 1.54) is 19.1 Å². The van der Waals surface area contributed by atoms with Crippen LogP contribution in [0, 0.1) is 5.41 Å². The molecule has 0 amide bonds. The summed E-state index contributed by atoms with van der Waals surface area (Å²) in [5, 5.41) is 0. The Labute approximate surface area is 109 Å². The van der Waals surface area contributed by atoms with Gasteiger partial charge in [-0.15, -0.1) is 0 Å². The molecule has 0 unspecified atom stereocenters. The Bertz CT molecular complexity index is 377. The minimum absolute atomic E-state index is 0.00173. The second kappa shape index (κ2) is 6.03. The highest BCUT2D eigenvalue weighted by Gasteiger charge is 2.39. The van der Waals surface area contributed by atoms with Gasteiger partial charge in [0, 0.05) is 0 Å². The van der Waals surface area contributed by atoms with Crippen molar-refractivity contribution in [3.8, 4) is 0 Å². The van der Waals surface area contributed by atoms with E-state index in [0.717, 1.165) is 38.5 Å². The fourth-order valence-corrected chi connectivity index (χ4v) is 3.03. The van der Waals surface area contributed by atoms with Gasteiger partial charge in [-0.05, 0) is 31.2 Å². The summed E-state index contributed by atoms with van der Waals surface area (Å²) in [4.78, 5) is 12.1. The summed E-state index contributed by atoms with van der Waals surface area (Å²) in [6, 6.07) is 10.4. The van der Waals surface area contributed by atoms with E-state index in [1.807, 2.05) is 6.07 Å². The monoisotopic (exact) mass is 246 g/mol. The molecule has 2 nitrogen and oxygen atoms in total. The molecule has 98 valence electrons. The quantitative estimate of drug-likeness (QED) is 0.756. The van der Waals surface area contributed by atoms with Gasteiger partial charge in [-0.1, -0.05) is 49.6 Å². The van der Waals surface area contributed by atoms with Crippen molar-refractivity contribution < 1.29 is 9.53 Å².